The Hall–Kier alpha value is -2.59. The predicted molar refractivity (Wildman–Crippen MR) is 90.6 cm³/mol. The lowest BCUT2D eigenvalue weighted by Crippen LogP contribution is -2.32. The number of Topliss-reactive ketones (excluding diaryl/α,β-unsaturated/α-hetero) is 1. The van der Waals surface area contributed by atoms with Gasteiger partial charge in [-0.25, -0.2) is 0 Å². The average Bonchev–Trinajstić information content (AvgIpc) is 2.97. The van der Waals surface area contributed by atoms with Gasteiger partial charge in [-0.05, 0) is 17.7 Å². The molecule has 0 saturated heterocycles. The van der Waals surface area contributed by atoms with Crippen molar-refractivity contribution in [2.75, 3.05) is 7.05 Å². The van der Waals surface area contributed by atoms with Gasteiger partial charge in [-0.1, -0.05) is 48.0 Å². The van der Waals surface area contributed by atoms with Crippen LogP contribution in [0.1, 0.15) is 15.9 Å². The van der Waals surface area contributed by atoms with Gasteiger partial charge < -0.3 is 9.88 Å². The number of carbonyl (C=O) groups excluding carboxylic acids is 2. The lowest BCUT2D eigenvalue weighted by Gasteiger charge is -2.16. The maximum atomic E-state index is 12.5. The molecule has 1 heterocycles. The third kappa shape index (κ3) is 3.12. The number of halogens is 1. The molecule has 1 amide bonds. The van der Waals surface area contributed by atoms with Crippen molar-refractivity contribution in [3.8, 4) is 0 Å². The van der Waals surface area contributed by atoms with E-state index in [4.69, 9.17) is 11.6 Å². The second-order valence-electron chi connectivity index (χ2n) is 5.37. The number of likely N-dealkylation sites (N-methyl/N-ethyl adjacent to an activating group) is 1. The fraction of sp³-hybridized carbons (Fsp3) is 0.111. The van der Waals surface area contributed by atoms with Crippen LogP contribution in [0.3, 0.4) is 0 Å². The smallest absolute Gasteiger partial charge is 0.295 e. The monoisotopic (exact) mass is 326 g/mol. The highest BCUT2D eigenvalue weighted by Gasteiger charge is 2.23. The van der Waals surface area contributed by atoms with Crippen LogP contribution in [0.15, 0.2) is 54.7 Å². The average molecular weight is 327 g/mol. The van der Waals surface area contributed by atoms with Crippen LogP contribution in [-0.4, -0.2) is 28.6 Å². The van der Waals surface area contributed by atoms with E-state index in [9.17, 15) is 9.59 Å². The summed E-state index contributed by atoms with van der Waals surface area (Å²) in [6.45, 7) is 0.388. The van der Waals surface area contributed by atoms with Crippen LogP contribution >= 0.6 is 11.6 Å². The molecule has 3 rings (SSSR count). The van der Waals surface area contributed by atoms with Crippen molar-refractivity contribution in [1.29, 1.82) is 0 Å². The van der Waals surface area contributed by atoms with E-state index < -0.39 is 11.7 Å². The highest BCUT2D eigenvalue weighted by atomic mass is 35.5. The van der Waals surface area contributed by atoms with Crippen molar-refractivity contribution in [2.45, 2.75) is 6.54 Å². The third-order valence-corrected chi connectivity index (χ3v) is 3.93. The Bertz CT molecular complexity index is 871. The fourth-order valence-corrected chi connectivity index (χ4v) is 2.68. The molecule has 2 aromatic carbocycles. The topological polar surface area (TPSA) is 53.2 Å². The Labute approximate surface area is 138 Å². The highest BCUT2D eigenvalue weighted by Crippen LogP contribution is 2.23. The van der Waals surface area contributed by atoms with Gasteiger partial charge in [-0.15, -0.1) is 0 Å². The number of benzene rings is 2. The van der Waals surface area contributed by atoms with Crippen molar-refractivity contribution >= 4 is 34.2 Å². The molecule has 0 atom stereocenters. The Morgan fingerprint density at radius 1 is 1.13 bits per heavy atom. The number of carbonyl (C=O) groups is 2. The summed E-state index contributed by atoms with van der Waals surface area (Å²) < 4.78 is 0. The second kappa shape index (κ2) is 6.26. The zero-order valence-electron chi connectivity index (χ0n) is 12.5. The number of hydrogen-bond acceptors (Lipinski definition) is 2. The van der Waals surface area contributed by atoms with E-state index in [1.54, 1.807) is 31.4 Å². The number of ketones is 1. The summed E-state index contributed by atoms with van der Waals surface area (Å²) in [5, 5.41) is 1.27. The molecule has 0 spiro atoms. The number of H-pyrrole nitrogens is 1. The molecule has 1 N–H and O–H groups in total. The molecule has 4 nitrogen and oxygen atoms in total. The van der Waals surface area contributed by atoms with Gasteiger partial charge in [-0.2, -0.15) is 0 Å². The van der Waals surface area contributed by atoms with Crippen molar-refractivity contribution < 1.29 is 9.59 Å². The summed E-state index contributed by atoms with van der Waals surface area (Å²) in [5.74, 6) is -1.07. The SMILES string of the molecule is CN(Cc1ccccc1)C(=O)C(=O)c1c[nH]c2cc(Cl)ccc12. The van der Waals surface area contributed by atoms with Gasteiger partial charge in [0.05, 0.1) is 5.56 Å². The van der Waals surface area contributed by atoms with Crippen LogP contribution in [0.2, 0.25) is 5.02 Å². The molecule has 0 bridgehead atoms. The van der Waals surface area contributed by atoms with E-state index >= 15 is 0 Å². The minimum Gasteiger partial charge on any atom is -0.360 e. The quantitative estimate of drug-likeness (QED) is 0.587. The summed E-state index contributed by atoms with van der Waals surface area (Å²) in [6.07, 6.45) is 1.55. The molecule has 0 aliphatic rings. The molecule has 23 heavy (non-hydrogen) atoms. The van der Waals surface area contributed by atoms with Crippen LogP contribution in [0.25, 0.3) is 10.9 Å². The first-order chi connectivity index (χ1) is 11.1. The molecule has 0 aliphatic heterocycles. The Balaban J connectivity index is 1.82. The van der Waals surface area contributed by atoms with Gasteiger partial charge in [0.2, 0.25) is 0 Å². The van der Waals surface area contributed by atoms with Crippen molar-refractivity contribution in [2.24, 2.45) is 0 Å². The molecule has 0 radical (unpaired) electrons. The molecule has 0 fully saturated rings. The van der Waals surface area contributed by atoms with Gasteiger partial charge in [0.25, 0.3) is 11.7 Å². The number of hydrogen-bond donors (Lipinski definition) is 1. The zero-order valence-corrected chi connectivity index (χ0v) is 13.3. The van der Waals surface area contributed by atoms with Crippen LogP contribution in [-0.2, 0) is 11.3 Å². The van der Waals surface area contributed by atoms with Gasteiger partial charge in [0.15, 0.2) is 0 Å². The summed E-state index contributed by atoms with van der Waals surface area (Å²) in [6, 6.07) is 14.7. The minimum atomic E-state index is -0.537. The summed E-state index contributed by atoms with van der Waals surface area (Å²) in [4.78, 5) is 29.3. The molecular formula is C18H15ClN2O2. The van der Waals surface area contributed by atoms with Crippen LogP contribution in [0, 0.1) is 0 Å². The number of rotatable bonds is 4. The van der Waals surface area contributed by atoms with E-state index in [1.807, 2.05) is 30.3 Å². The number of nitrogens with one attached hydrogen (secondary N) is 1. The molecule has 116 valence electrons. The van der Waals surface area contributed by atoms with Gasteiger partial charge >= 0.3 is 0 Å². The zero-order chi connectivity index (χ0) is 16.4. The number of aromatic nitrogens is 1. The van der Waals surface area contributed by atoms with Crippen LogP contribution < -0.4 is 0 Å². The molecule has 1 aromatic heterocycles. The van der Waals surface area contributed by atoms with E-state index in [0.717, 1.165) is 11.1 Å². The molecule has 3 aromatic rings. The maximum absolute atomic E-state index is 12.5. The molecule has 5 heteroatoms. The third-order valence-electron chi connectivity index (χ3n) is 3.69. The Morgan fingerprint density at radius 2 is 1.87 bits per heavy atom. The largest absolute Gasteiger partial charge is 0.360 e. The van der Waals surface area contributed by atoms with E-state index in [0.29, 0.717) is 22.5 Å². The standard InChI is InChI=1S/C18H15ClN2O2/c1-21(11-12-5-3-2-4-6-12)18(23)17(22)15-10-20-16-9-13(19)7-8-14(15)16/h2-10,20H,11H2,1H3. The maximum Gasteiger partial charge on any atom is 0.295 e. The Morgan fingerprint density at radius 3 is 2.61 bits per heavy atom. The lowest BCUT2D eigenvalue weighted by molar-refractivity contribution is -0.125. The molecular weight excluding hydrogens is 312 g/mol. The van der Waals surface area contributed by atoms with E-state index in [2.05, 4.69) is 4.98 Å². The summed E-state index contributed by atoms with van der Waals surface area (Å²) >= 11 is 5.93. The number of aromatic amines is 1. The number of nitrogens with zero attached hydrogens (tertiary/aromatic N) is 1. The molecule has 0 unspecified atom stereocenters. The normalized spacial score (nSPS) is 10.7. The van der Waals surface area contributed by atoms with Gasteiger partial charge in [-0.3, -0.25) is 9.59 Å². The van der Waals surface area contributed by atoms with Crippen LogP contribution in [0.4, 0.5) is 0 Å². The van der Waals surface area contributed by atoms with E-state index in [-0.39, 0.29) is 0 Å². The first-order valence-electron chi connectivity index (χ1n) is 7.16. The highest BCUT2D eigenvalue weighted by molar-refractivity contribution is 6.44. The summed E-state index contributed by atoms with van der Waals surface area (Å²) in [7, 11) is 1.62. The number of fused-ring (bicyclic) bond motifs is 1. The van der Waals surface area contributed by atoms with Gasteiger partial charge in [0.1, 0.15) is 0 Å². The predicted octanol–water partition coefficient (Wildman–Crippen LogP) is 3.66. The van der Waals surface area contributed by atoms with Gasteiger partial charge in [0, 0.05) is 35.7 Å². The second-order valence-corrected chi connectivity index (χ2v) is 5.80. The first kappa shape index (κ1) is 15.3. The first-order valence-corrected chi connectivity index (χ1v) is 7.54. The lowest BCUT2D eigenvalue weighted by atomic mass is 10.1. The number of amides is 1. The van der Waals surface area contributed by atoms with Crippen LogP contribution in [0.5, 0.6) is 0 Å². The van der Waals surface area contributed by atoms with E-state index in [1.165, 1.54) is 4.90 Å². The minimum absolute atomic E-state index is 0.363. The summed E-state index contributed by atoms with van der Waals surface area (Å²) in [5.41, 5.74) is 2.07. The van der Waals surface area contributed by atoms with Crippen molar-refractivity contribution in [3.63, 3.8) is 0 Å². The molecule has 0 saturated carbocycles. The van der Waals surface area contributed by atoms with Crippen molar-refractivity contribution in [1.82, 2.24) is 9.88 Å². The fourth-order valence-electron chi connectivity index (χ4n) is 2.50. The van der Waals surface area contributed by atoms with Crippen molar-refractivity contribution in [3.05, 3.63) is 70.9 Å². The Kier molecular flexibility index (Phi) is 4.17. The molecule has 0 aliphatic carbocycles.